The van der Waals surface area contributed by atoms with E-state index in [9.17, 15) is 4.57 Å². The number of benzene rings is 1. The molecule has 0 saturated heterocycles. The van der Waals surface area contributed by atoms with E-state index in [-0.39, 0.29) is 6.16 Å². The molecule has 0 spiro atoms. The van der Waals surface area contributed by atoms with E-state index >= 15 is 0 Å². The summed E-state index contributed by atoms with van der Waals surface area (Å²) in [5.74, 6) is 0. The predicted molar refractivity (Wildman–Crippen MR) is 74.2 cm³/mol. The third-order valence-electron chi connectivity index (χ3n) is 2.32. The molecule has 0 N–H and O–H groups in total. The monoisotopic (exact) mass is 285 g/mol. The van der Waals surface area contributed by atoms with Crippen molar-refractivity contribution in [3.8, 4) is 0 Å². The quantitative estimate of drug-likeness (QED) is 0.751. The van der Waals surface area contributed by atoms with Crippen LogP contribution < -0.4 is 0 Å². The fourth-order valence-corrected chi connectivity index (χ4v) is 4.62. The summed E-state index contributed by atoms with van der Waals surface area (Å²) in [7, 11) is -3.05. The van der Waals surface area contributed by atoms with Crippen molar-refractivity contribution in [1.82, 2.24) is 4.98 Å². The summed E-state index contributed by atoms with van der Waals surface area (Å²) < 4.78 is 24.0. The Hall–Kier alpha value is -0.740. The van der Waals surface area contributed by atoms with Crippen molar-refractivity contribution in [2.24, 2.45) is 0 Å². The van der Waals surface area contributed by atoms with Gasteiger partial charge in [-0.3, -0.25) is 4.57 Å². The van der Waals surface area contributed by atoms with Gasteiger partial charge in [-0.1, -0.05) is 12.1 Å². The third kappa shape index (κ3) is 3.18. The molecule has 1 aromatic heterocycles. The van der Waals surface area contributed by atoms with Crippen LogP contribution in [-0.2, 0) is 19.8 Å². The Balaban J connectivity index is 2.23. The molecule has 0 saturated carbocycles. The van der Waals surface area contributed by atoms with Gasteiger partial charge in [0.05, 0.1) is 23.4 Å². The van der Waals surface area contributed by atoms with Gasteiger partial charge in [-0.05, 0) is 26.0 Å². The van der Waals surface area contributed by atoms with Gasteiger partial charge in [0, 0.05) is 0 Å². The lowest BCUT2D eigenvalue weighted by molar-refractivity contribution is 0.219. The van der Waals surface area contributed by atoms with Crippen LogP contribution in [0, 0.1) is 0 Å². The lowest BCUT2D eigenvalue weighted by Gasteiger charge is -2.15. The summed E-state index contributed by atoms with van der Waals surface area (Å²) in [4.78, 5) is 4.45. The fourth-order valence-electron chi connectivity index (χ4n) is 1.68. The average molecular weight is 285 g/mol. The number of aromatic nitrogens is 1. The number of thiazole rings is 1. The molecule has 0 bridgehead atoms. The molecule has 98 valence electrons. The van der Waals surface area contributed by atoms with E-state index < -0.39 is 7.60 Å². The highest BCUT2D eigenvalue weighted by molar-refractivity contribution is 7.53. The normalized spacial score (nSPS) is 12.1. The smallest absolute Gasteiger partial charge is 0.309 e. The molecule has 0 amide bonds. The molecule has 2 rings (SSSR count). The van der Waals surface area contributed by atoms with Crippen LogP contribution in [-0.4, -0.2) is 18.2 Å². The van der Waals surface area contributed by atoms with Crippen molar-refractivity contribution in [3.63, 3.8) is 0 Å². The predicted octanol–water partition coefficient (Wildman–Crippen LogP) is 4.06. The summed E-state index contributed by atoms with van der Waals surface area (Å²) >= 11 is 1.53. The van der Waals surface area contributed by atoms with Gasteiger partial charge in [0.15, 0.2) is 0 Å². The summed E-state index contributed by atoms with van der Waals surface area (Å²) in [5.41, 5.74) is 0.928. The molecule has 18 heavy (non-hydrogen) atoms. The number of nitrogens with zero attached hydrogens (tertiary/aromatic N) is 1. The molecule has 0 aliphatic rings. The Morgan fingerprint density at radius 2 is 1.89 bits per heavy atom. The first kappa shape index (κ1) is 13.7. The molecule has 2 aromatic rings. The molecule has 0 aliphatic carbocycles. The van der Waals surface area contributed by atoms with Crippen molar-refractivity contribution < 1.29 is 13.6 Å². The van der Waals surface area contributed by atoms with Crippen LogP contribution in [0.2, 0.25) is 0 Å². The first-order chi connectivity index (χ1) is 8.67. The average Bonchev–Trinajstić information content (AvgIpc) is 2.70. The molecule has 0 unspecified atom stereocenters. The number of rotatable bonds is 6. The van der Waals surface area contributed by atoms with E-state index in [1.165, 1.54) is 11.3 Å². The fraction of sp³-hybridized carbons (Fsp3) is 0.417. The lowest BCUT2D eigenvalue weighted by atomic mass is 10.3. The van der Waals surface area contributed by atoms with Gasteiger partial charge in [-0.25, -0.2) is 4.98 Å². The standard InChI is InChI=1S/C12H16NO3PS/c1-3-15-17(14,16-4-2)9-12-13-10-7-5-6-8-11(10)18-12/h5-8H,3-4,9H2,1-2H3. The molecule has 4 nitrogen and oxygen atoms in total. The molecule has 6 heteroatoms. The second kappa shape index (κ2) is 5.93. The van der Waals surface area contributed by atoms with Gasteiger partial charge in [0.1, 0.15) is 11.2 Å². The van der Waals surface area contributed by atoms with Gasteiger partial charge in [0.25, 0.3) is 0 Å². The van der Waals surface area contributed by atoms with Gasteiger partial charge in [0.2, 0.25) is 0 Å². The highest BCUT2D eigenvalue weighted by atomic mass is 32.1. The molecule has 1 aromatic carbocycles. The van der Waals surface area contributed by atoms with Gasteiger partial charge < -0.3 is 9.05 Å². The topological polar surface area (TPSA) is 48.4 Å². The summed E-state index contributed by atoms with van der Waals surface area (Å²) in [6.07, 6.45) is 0.244. The Labute approximate surface area is 110 Å². The van der Waals surface area contributed by atoms with E-state index in [1.807, 2.05) is 38.1 Å². The molecule has 0 aliphatic heterocycles. The van der Waals surface area contributed by atoms with Gasteiger partial charge in [-0.15, -0.1) is 11.3 Å². The minimum atomic E-state index is -3.05. The maximum absolute atomic E-state index is 12.4. The number of para-hydroxylation sites is 1. The van der Waals surface area contributed by atoms with Crippen molar-refractivity contribution in [3.05, 3.63) is 29.3 Å². The zero-order valence-corrected chi connectivity index (χ0v) is 12.2. The zero-order chi connectivity index (χ0) is 13.0. The Kier molecular flexibility index (Phi) is 4.51. The van der Waals surface area contributed by atoms with E-state index in [2.05, 4.69) is 4.98 Å². The maximum atomic E-state index is 12.4. The third-order valence-corrected chi connectivity index (χ3v) is 5.56. The Bertz CT molecular complexity index is 526. The number of fused-ring (bicyclic) bond motifs is 1. The molecular formula is C12H16NO3PS. The van der Waals surface area contributed by atoms with Crippen LogP contribution in [0.4, 0.5) is 0 Å². The van der Waals surface area contributed by atoms with E-state index in [0.717, 1.165) is 15.2 Å². The summed E-state index contributed by atoms with van der Waals surface area (Å²) in [6.45, 7) is 4.37. The van der Waals surface area contributed by atoms with Crippen LogP contribution in [0.25, 0.3) is 10.2 Å². The molecular weight excluding hydrogens is 269 g/mol. The van der Waals surface area contributed by atoms with Crippen LogP contribution in [0.5, 0.6) is 0 Å². The maximum Gasteiger partial charge on any atom is 0.337 e. The first-order valence-electron chi connectivity index (χ1n) is 5.89. The second-order valence-corrected chi connectivity index (χ2v) is 6.85. The minimum Gasteiger partial charge on any atom is -0.309 e. The molecule has 0 fully saturated rings. The van der Waals surface area contributed by atoms with E-state index in [4.69, 9.17) is 9.05 Å². The lowest BCUT2D eigenvalue weighted by Crippen LogP contribution is -1.98. The number of hydrogen-bond acceptors (Lipinski definition) is 5. The summed E-state index contributed by atoms with van der Waals surface area (Å²) in [6, 6.07) is 7.86. The molecule has 0 atom stereocenters. The minimum absolute atomic E-state index is 0.244. The Morgan fingerprint density at radius 1 is 1.22 bits per heavy atom. The highest BCUT2D eigenvalue weighted by Crippen LogP contribution is 2.51. The highest BCUT2D eigenvalue weighted by Gasteiger charge is 2.25. The van der Waals surface area contributed by atoms with Crippen LogP contribution >= 0.6 is 18.9 Å². The molecule has 1 heterocycles. The van der Waals surface area contributed by atoms with E-state index in [1.54, 1.807) is 0 Å². The van der Waals surface area contributed by atoms with Crippen molar-refractivity contribution in [1.29, 1.82) is 0 Å². The largest absolute Gasteiger partial charge is 0.337 e. The summed E-state index contributed by atoms with van der Waals surface area (Å²) in [5, 5.41) is 0.793. The second-order valence-electron chi connectivity index (χ2n) is 3.68. The first-order valence-corrected chi connectivity index (χ1v) is 8.44. The van der Waals surface area contributed by atoms with Crippen molar-refractivity contribution in [2.45, 2.75) is 20.0 Å². The van der Waals surface area contributed by atoms with Crippen LogP contribution in [0.3, 0.4) is 0 Å². The van der Waals surface area contributed by atoms with Crippen molar-refractivity contribution >= 4 is 29.1 Å². The van der Waals surface area contributed by atoms with Crippen LogP contribution in [0.15, 0.2) is 24.3 Å². The number of hydrogen-bond donors (Lipinski definition) is 0. The van der Waals surface area contributed by atoms with E-state index in [0.29, 0.717) is 13.2 Å². The Morgan fingerprint density at radius 3 is 2.50 bits per heavy atom. The SMILES string of the molecule is CCOP(=O)(Cc1nc2ccccc2s1)OCC. The molecule has 0 radical (unpaired) electrons. The van der Waals surface area contributed by atoms with Gasteiger partial charge >= 0.3 is 7.60 Å². The van der Waals surface area contributed by atoms with Crippen molar-refractivity contribution in [2.75, 3.05) is 13.2 Å². The van der Waals surface area contributed by atoms with Gasteiger partial charge in [-0.2, -0.15) is 0 Å². The van der Waals surface area contributed by atoms with Crippen LogP contribution in [0.1, 0.15) is 18.9 Å². The zero-order valence-electron chi connectivity index (χ0n) is 10.5.